The number of nitrogens with zero attached hydrogens (tertiary/aromatic N) is 4. The molecule has 6 nitrogen and oxygen atoms in total. The summed E-state index contributed by atoms with van der Waals surface area (Å²) in [5.74, 6) is -0.520. The fourth-order valence-electron chi connectivity index (χ4n) is 1.47. The molecule has 0 saturated carbocycles. The molecule has 0 N–H and O–H groups in total. The van der Waals surface area contributed by atoms with E-state index in [4.69, 9.17) is 0 Å². The summed E-state index contributed by atoms with van der Waals surface area (Å²) in [6, 6.07) is 1.60. The van der Waals surface area contributed by atoms with Crippen molar-refractivity contribution >= 4 is 11.6 Å². The number of carbonyl (C=O) groups excluding carboxylic acids is 2. The Bertz CT molecular complexity index is 517. The molecular formula is C11H12N4O2. The summed E-state index contributed by atoms with van der Waals surface area (Å²) < 4.78 is 3.06. The highest BCUT2D eigenvalue weighted by Crippen LogP contribution is 2.06. The largest absolute Gasteiger partial charge is 0.294 e. The van der Waals surface area contributed by atoms with Crippen molar-refractivity contribution < 1.29 is 9.59 Å². The van der Waals surface area contributed by atoms with Gasteiger partial charge in [0, 0.05) is 26.5 Å². The molecule has 17 heavy (non-hydrogen) atoms. The van der Waals surface area contributed by atoms with E-state index in [2.05, 4.69) is 10.2 Å². The lowest BCUT2D eigenvalue weighted by Crippen LogP contribution is -2.09. The lowest BCUT2D eigenvalue weighted by atomic mass is 10.1. The van der Waals surface area contributed by atoms with E-state index < -0.39 is 0 Å². The Kier molecular flexibility index (Phi) is 2.86. The summed E-state index contributed by atoms with van der Waals surface area (Å²) in [6.07, 6.45) is 4.53. The highest BCUT2D eigenvalue weighted by Gasteiger charge is 2.16. The van der Waals surface area contributed by atoms with Crippen LogP contribution in [0.2, 0.25) is 0 Å². The molecule has 0 saturated heterocycles. The second-order valence-corrected chi connectivity index (χ2v) is 3.80. The van der Waals surface area contributed by atoms with Gasteiger partial charge < -0.3 is 0 Å². The van der Waals surface area contributed by atoms with E-state index in [1.54, 1.807) is 32.6 Å². The summed E-state index contributed by atoms with van der Waals surface area (Å²) >= 11 is 0. The third-order valence-electron chi connectivity index (χ3n) is 2.35. The van der Waals surface area contributed by atoms with E-state index in [0.29, 0.717) is 11.3 Å². The van der Waals surface area contributed by atoms with Gasteiger partial charge in [0.2, 0.25) is 0 Å². The van der Waals surface area contributed by atoms with Crippen LogP contribution in [0, 0.1) is 0 Å². The van der Waals surface area contributed by atoms with Crippen LogP contribution in [0.1, 0.15) is 27.3 Å². The molecule has 0 amide bonds. The molecule has 0 aliphatic heterocycles. The van der Waals surface area contributed by atoms with Crippen LogP contribution < -0.4 is 0 Å². The number of aromatic nitrogens is 4. The van der Waals surface area contributed by atoms with Crippen molar-refractivity contribution in [1.82, 2.24) is 19.6 Å². The maximum absolute atomic E-state index is 11.7. The van der Waals surface area contributed by atoms with Crippen molar-refractivity contribution in [2.45, 2.75) is 6.42 Å². The van der Waals surface area contributed by atoms with Crippen LogP contribution in [-0.2, 0) is 14.1 Å². The molecule has 2 heterocycles. The Balaban J connectivity index is 2.07. The van der Waals surface area contributed by atoms with Gasteiger partial charge in [-0.05, 0) is 6.07 Å². The first-order valence-corrected chi connectivity index (χ1v) is 5.11. The highest BCUT2D eigenvalue weighted by molar-refractivity contribution is 6.12. The van der Waals surface area contributed by atoms with Crippen molar-refractivity contribution in [2.75, 3.05) is 0 Å². The number of carbonyl (C=O) groups is 2. The Morgan fingerprint density at radius 2 is 2.00 bits per heavy atom. The van der Waals surface area contributed by atoms with E-state index in [0.717, 1.165) is 0 Å². The van der Waals surface area contributed by atoms with Gasteiger partial charge in [-0.25, -0.2) is 0 Å². The second-order valence-electron chi connectivity index (χ2n) is 3.80. The molecule has 0 radical (unpaired) electrons. The van der Waals surface area contributed by atoms with Crippen LogP contribution in [-0.4, -0.2) is 31.1 Å². The molecule has 2 aromatic rings. The normalized spacial score (nSPS) is 10.5. The second kappa shape index (κ2) is 4.32. The van der Waals surface area contributed by atoms with Crippen LogP contribution >= 0.6 is 0 Å². The van der Waals surface area contributed by atoms with Crippen molar-refractivity contribution in [3.8, 4) is 0 Å². The van der Waals surface area contributed by atoms with Crippen LogP contribution in [0.5, 0.6) is 0 Å². The lowest BCUT2D eigenvalue weighted by molar-refractivity contribution is 0.0891. The van der Waals surface area contributed by atoms with Gasteiger partial charge in [-0.2, -0.15) is 10.2 Å². The molecular weight excluding hydrogens is 220 g/mol. The summed E-state index contributed by atoms with van der Waals surface area (Å²) in [5, 5.41) is 7.84. The number of Topliss-reactive ketones (excluding diaryl/α,β-unsaturated/α-hetero) is 2. The molecule has 0 spiro atoms. The van der Waals surface area contributed by atoms with Crippen LogP contribution in [0.25, 0.3) is 0 Å². The molecule has 0 aliphatic rings. The first-order chi connectivity index (χ1) is 8.06. The SMILES string of the molecule is Cn1cc(C(=O)CC(=O)c2ccn(C)n2)cn1. The first kappa shape index (κ1) is 11.3. The third kappa shape index (κ3) is 2.47. The Morgan fingerprint density at radius 1 is 1.24 bits per heavy atom. The van der Waals surface area contributed by atoms with E-state index in [-0.39, 0.29) is 18.0 Å². The quantitative estimate of drug-likeness (QED) is 0.572. The van der Waals surface area contributed by atoms with Crippen molar-refractivity contribution in [2.24, 2.45) is 14.1 Å². The number of hydrogen-bond acceptors (Lipinski definition) is 4. The molecule has 0 atom stereocenters. The summed E-state index contributed by atoms with van der Waals surface area (Å²) in [7, 11) is 3.44. The van der Waals surface area contributed by atoms with Crippen LogP contribution in [0.4, 0.5) is 0 Å². The van der Waals surface area contributed by atoms with Crippen LogP contribution in [0.3, 0.4) is 0 Å². The van der Waals surface area contributed by atoms with Crippen LogP contribution in [0.15, 0.2) is 24.7 Å². The Morgan fingerprint density at radius 3 is 2.53 bits per heavy atom. The number of rotatable bonds is 4. The number of aryl methyl sites for hydroxylation is 2. The third-order valence-corrected chi connectivity index (χ3v) is 2.35. The van der Waals surface area contributed by atoms with Gasteiger partial charge >= 0.3 is 0 Å². The molecule has 2 aromatic heterocycles. The zero-order valence-electron chi connectivity index (χ0n) is 9.62. The molecule has 2 rings (SSSR count). The van der Waals surface area contributed by atoms with Gasteiger partial charge in [0.05, 0.1) is 18.2 Å². The highest BCUT2D eigenvalue weighted by atomic mass is 16.1. The summed E-state index contributed by atoms with van der Waals surface area (Å²) in [4.78, 5) is 23.5. The fraction of sp³-hybridized carbons (Fsp3) is 0.273. The maximum Gasteiger partial charge on any atom is 0.190 e. The van der Waals surface area contributed by atoms with E-state index >= 15 is 0 Å². The minimum Gasteiger partial charge on any atom is -0.294 e. The average Bonchev–Trinajstić information content (AvgIpc) is 2.87. The van der Waals surface area contributed by atoms with E-state index in [1.165, 1.54) is 15.6 Å². The summed E-state index contributed by atoms with van der Waals surface area (Å²) in [6.45, 7) is 0. The van der Waals surface area contributed by atoms with Gasteiger partial charge in [0.25, 0.3) is 0 Å². The van der Waals surface area contributed by atoms with Gasteiger partial charge in [-0.1, -0.05) is 0 Å². The fourth-order valence-corrected chi connectivity index (χ4v) is 1.47. The van der Waals surface area contributed by atoms with Crippen molar-refractivity contribution in [3.05, 3.63) is 35.9 Å². The predicted octanol–water partition coefficient (Wildman–Crippen LogP) is 0.609. The minimum absolute atomic E-state index is 0.178. The maximum atomic E-state index is 11.7. The lowest BCUT2D eigenvalue weighted by Gasteiger charge is -1.95. The smallest absolute Gasteiger partial charge is 0.190 e. The minimum atomic E-state index is -0.278. The number of ketones is 2. The molecule has 0 bridgehead atoms. The number of hydrogen-bond donors (Lipinski definition) is 0. The zero-order valence-corrected chi connectivity index (χ0v) is 9.62. The standard InChI is InChI=1S/C11H12N4O2/c1-14-4-3-9(13-14)11(17)5-10(16)8-6-12-15(2)7-8/h3-4,6-7H,5H2,1-2H3. The molecule has 88 valence electrons. The van der Waals surface area contributed by atoms with Gasteiger partial charge in [0.1, 0.15) is 5.69 Å². The van der Waals surface area contributed by atoms with E-state index in [9.17, 15) is 9.59 Å². The molecule has 0 aromatic carbocycles. The Hall–Kier alpha value is -2.24. The van der Waals surface area contributed by atoms with E-state index in [1.807, 2.05) is 0 Å². The average molecular weight is 232 g/mol. The molecule has 0 fully saturated rings. The first-order valence-electron chi connectivity index (χ1n) is 5.11. The van der Waals surface area contributed by atoms with Gasteiger partial charge in [-0.3, -0.25) is 19.0 Å². The molecule has 0 unspecified atom stereocenters. The zero-order chi connectivity index (χ0) is 12.4. The predicted molar refractivity (Wildman–Crippen MR) is 59.7 cm³/mol. The monoisotopic (exact) mass is 232 g/mol. The van der Waals surface area contributed by atoms with Gasteiger partial charge in [-0.15, -0.1) is 0 Å². The van der Waals surface area contributed by atoms with Crippen molar-refractivity contribution in [1.29, 1.82) is 0 Å². The summed E-state index contributed by atoms with van der Waals surface area (Å²) in [5.41, 5.74) is 0.751. The Labute approximate surface area is 97.9 Å². The van der Waals surface area contributed by atoms with Crippen molar-refractivity contribution in [3.63, 3.8) is 0 Å². The topological polar surface area (TPSA) is 69.8 Å². The van der Waals surface area contributed by atoms with Gasteiger partial charge in [0.15, 0.2) is 11.6 Å². The molecule has 0 aliphatic carbocycles. The molecule has 6 heteroatoms.